The Kier molecular flexibility index (Phi) is 3.44. The number of aromatic nitrogens is 2. The maximum Gasteiger partial charge on any atom is 0.222 e. The van der Waals surface area contributed by atoms with Crippen molar-refractivity contribution in [1.29, 1.82) is 0 Å². The Morgan fingerprint density at radius 2 is 2.12 bits per heavy atom. The van der Waals surface area contributed by atoms with Gasteiger partial charge in [-0.3, -0.25) is 0 Å². The predicted molar refractivity (Wildman–Crippen MR) is 65.0 cm³/mol. The number of nitrogens with one attached hydrogen (secondary N) is 1. The topological polar surface area (TPSA) is 72.0 Å². The summed E-state index contributed by atoms with van der Waals surface area (Å²) in [5.74, 6) is 1.29. The molecule has 16 heavy (non-hydrogen) atoms. The van der Waals surface area contributed by atoms with Gasteiger partial charge in [0.1, 0.15) is 0 Å². The first-order valence-electron chi connectivity index (χ1n) is 4.97. The summed E-state index contributed by atoms with van der Waals surface area (Å²) < 4.78 is 23.3. The van der Waals surface area contributed by atoms with Gasteiger partial charge in [0.15, 0.2) is 9.84 Å². The molecule has 1 saturated heterocycles. The summed E-state index contributed by atoms with van der Waals surface area (Å²) in [6, 6.07) is 0. The molecule has 1 aromatic heterocycles. The van der Waals surface area contributed by atoms with Crippen LogP contribution in [0.4, 0.5) is 5.95 Å². The molecule has 0 aliphatic carbocycles. The molecular formula is C9H12BrN3O2S. The number of rotatable bonds is 3. The van der Waals surface area contributed by atoms with Crippen molar-refractivity contribution in [3.05, 3.63) is 16.9 Å². The standard InChI is InChI=1S/C9H12BrN3O2S/c10-8-4-12-9(13-5-8)11-3-7-1-2-16(14,15)6-7/h4-5,7H,1-3,6H2,(H,11,12,13). The Morgan fingerprint density at radius 1 is 1.44 bits per heavy atom. The molecule has 5 nitrogen and oxygen atoms in total. The van der Waals surface area contributed by atoms with Crippen LogP contribution in [0.15, 0.2) is 16.9 Å². The first-order valence-corrected chi connectivity index (χ1v) is 7.58. The number of hydrogen-bond donors (Lipinski definition) is 1. The average Bonchev–Trinajstić information content (AvgIpc) is 2.58. The van der Waals surface area contributed by atoms with Gasteiger partial charge in [-0.25, -0.2) is 18.4 Å². The van der Waals surface area contributed by atoms with Crippen LogP contribution in [0, 0.1) is 5.92 Å². The number of halogens is 1. The maximum absolute atomic E-state index is 11.2. The van der Waals surface area contributed by atoms with E-state index in [1.54, 1.807) is 12.4 Å². The lowest BCUT2D eigenvalue weighted by Crippen LogP contribution is -2.16. The molecule has 0 bridgehead atoms. The monoisotopic (exact) mass is 305 g/mol. The first kappa shape index (κ1) is 11.8. The van der Waals surface area contributed by atoms with Gasteiger partial charge >= 0.3 is 0 Å². The fraction of sp³-hybridized carbons (Fsp3) is 0.556. The zero-order valence-electron chi connectivity index (χ0n) is 8.56. The minimum absolute atomic E-state index is 0.178. The van der Waals surface area contributed by atoms with Crippen molar-refractivity contribution in [2.24, 2.45) is 5.92 Å². The second-order valence-corrected chi connectivity index (χ2v) is 7.02. The van der Waals surface area contributed by atoms with E-state index in [4.69, 9.17) is 0 Å². The van der Waals surface area contributed by atoms with E-state index in [2.05, 4.69) is 31.2 Å². The van der Waals surface area contributed by atoms with Crippen LogP contribution in [-0.2, 0) is 9.84 Å². The summed E-state index contributed by atoms with van der Waals surface area (Å²) in [7, 11) is -2.79. The normalized spacial score (nSPS) is 23.2. The quantitative estimate of drug-likeness (QED) is 0.905. The first-order chi connectivity index (χ1) is 7.55. The van der Waals surface area contributed by atoms with Crippen LogP contribution in [-0.4, -0.2) is 36.4 Å². The smallest absolute Gasteiger partial charge is 0.222 e. The van der Waals surface area contributed by atoms with Crippen LogP contribution in [0.2, 0.25) is 0 Å². The van der Waals surface area contributed by atoms with E-state index in [-0.39, 0.29) is 11.7 Å². The van der Waals surface area contributed by atoms with Crippen molar-refractivity contribution in [3.63, 3.8) is 0 Å². The second-order valence-electron chi connectivity index (χ2n) is 3.87. The van der Waals surface area contributed by atoms with E-state index in [1.165, 1.54) is 0 Å². The largest absolute Gasteiger partial charge is 0.354 e. The van der Waals surface area contributed by atoms with Gasteiger partial charge in [0, 0.05) is 18.9 Å². The molecule has 1 aliphatic heterocycles. The molecule has 0 spiro atoms. The molecule has 1 N–H and O–H groups in total. The Morgan fingerprint density at radius 3 is 2.69 bits per heavy atom. The Labute approximate surface area is 103 Å². The molecule has 1 atom stereocenters. The van der Waals surface area contributed by atoms with Gasteiger partial charge in [-0.1, -0.05) is 0 Å². The molecule has 88 valence electrons. The minimum atomic E-state index is -2.79. The molecule has 1 aromatic rings. The van der Waals surface area contributed by atoms with Crippen LogP contribution in [0.25, 0.3) is 0 Å². The zero-order chi connectivity index (χ0) is 11.6. The maximum atomic E-state index is 11.2. The van der Waals surface area contributed by atoms with Crippen molar-refractivity contribution in [1.82, 2.24) is 9.97 Å². The van der Waals surface area contributed by atoms with E-state index in [0.717, 1.165) is 10.9 Å². The fourth-order valence-corrected chi connectivity index (χ4v) is 3.74. The molecule has 0 saturated carbocycles. The third-order valence-corrected chi connectivity index (χ3v) is 4.74. The van der Waals surface area contributed by atoms with Crippen molar-refractivity contribution in [3.8, 4) is 0 Å². The summed E-state index contributed by atoms with van der Waals surface area (Å²) in [5.41, 5.74) is 0. The zero-order valence-corrected chi connectivity index (χ0v) is 11.0. The molecule has 2 heterocycles. The summed E-state index contributed by atoms with van der Waals surface area (Å²) >= 11 is 3.25. The van der Waals surface area contributed by atoms with Gasteiger partial charge in [0.2, 0.25) is 5.95 Å². The van der Waals surface area contributed by atoms with Gasteiger partial charge in [-0.05, 0) is 28.3 Å². The SMILES string of the molecule is O=S1(=O)CCC(CNc2ncc(Br)cn2)C1. The number of nitrogens with zero attached hydrogens (tertiary/aromatic N) is 2. The Hall–Kier alpha value is -0.690. The van der Waals surface area contributed by atoms with Crippen LogP contribution >= 0.6 is 15.9 Å². The molecule has 0 radical (unpaired) electrons. The summed E-state index contributed by atoms with van der Waals surface area (Å²) in [6.07, 6.45) is 4.04. The van der Waals surface area contributed by atoms with Crippen molar-refractivity contribution < 1.29 is 8.42 Å². The predicted octanol–water partition coefficient (Wildman–Crippen LogP) is 1.09. The van der Waals surface area contributed by atoms with Gasteiger partial charge in [0.05, 0.1) is 16.0 Å². The lowest BCUT2D eigenvalue weighted by molar-refractivity contribution is 0.595. The van der Waals surface area contributed by atoms with Crippen molar-refractivity contribution >= 4 is 31.7 Å². The molecule has 2 rings (SSSR count). The summed E-state index contributed by atoms with van der Waals surface area (Å²) in [4.78, 5) is 8.11. The van der Waals surface area contributed by atoms with Crippen LogP contribution in [0.3, 0.4) is 0 Å². The lowest BCUT2D eigenvalue weighted by atomic mass is 10.1. The van der Waals surface area contributed by atoms with E-state index in [1.807, 2.05) is 0 Å². The highest BCUT2D eigenvalue weighted by molar-refractivity contribution is 9.10. The fourth-order valence-electron chi connectivity index (χ4n) is 1.67. The highest BCUT2D eigenvalue weighted by Crippen LogP contribution is 2.18. The molecule has 1 unspecified atom stereocenters. The highest BCUT2D eigenvalue weighted by Gasteiger charge is 2.27. The summed E-state index contributed by atoms with van der Waals surface area (Å²) in [5, 5.41) is 3.04. The highest BCUT2D eigenvalue weighted by atomic mass is 79.9. The molecule has 1 fully saturated rings. The Balaban J connectivity index is 1.87. The van der Waals surface area contributed by atoms with Gasteiger partial charge in [0.25, 0.3) is 0 Å². The molecule has 7 heteroatoms. The van der Waals surface area contributed by atoms with Gasteiger partial charge < -0.3 is 5.32 Å². The summed E-state index contributed by atoms with van der Waals surface area (Å²) in [6.45, 7) is 0.612. The number of hydrogen-bond acceptors (Lipinski definition) is 5. The number of sulfone groups is 1. The van der Waals surface area contributed by atoms with Crippen LogP contribution in [0.1, 0.15) is 6.42 Å². The molecule has 1 aliphatic rings. The van der Waals surface area contributed by atoms with E-state index >= 15 is 0 Å². The van der Waals surface area contributed by atoms with Gasteiger partial charge in [-0.15, -0.1) is 0 Å². The van der Waals surface area contributed by atoms with E-state index in [9.17, 15) is 8.42 Å². The van der Waals surface area contributed by atoms with Crippen molar-refractivity contribution in [2.45, 2.75) is 6.42 Å². The third kappa shape index (κ3) is 3.15. The third-order valence-electron chi connectivity index (χ3n) is 2.50. The second kappa shape index (κ2) is 4.67. The Bertz CT molecular complexity index is 460. The molecular weight excluding hydrogens is 294 g/mol. The van der Waals surface area contributed by atoms with Crippen LogP contribution in [0.5, 0.6) is 0 Å². The molecule has 0 aromatic carbocycles. The number of anilines is 1. The van der Waals surface area contributed by atoms with E-state index < -0.39 is 9.84 Å². The molecule has 0 amide bonds. The lowest BCUT2D eigenvalue weighted by Gasteiger charge is -2.08. The van der Waals surface area contributed by atoms with Crippen molar-refractivity contribution in [2.75, 3.05) is 23.4 Å². The minimum Gasteiger partial charge on any atom is -0.354 e. The van der Waals surface area contributed by atoms with Crippen LogP contribution < -0.4 is 5.32 Å². The average molecular weight is 306 g/mol. The van der Waals surface area contributed by atoms with E-state index in [0.29, 0.717) is 18.2 Å². The van der Waals surface area contributed by atoms with Gasteiger partial charge in [-0.2, -0.15) is 0 Å².